The number of carbonyl (C=O) groups is 1. The smallest absolute Gasteiger partial charge is 0.307 e. The van der Waals surface area contributed by atoms with Crippen molar-refractivity contribution in [1.29, 1.82) is 0 Å². The number of sulfone groups is 1. The molecule has 17 heavy (non-hydrogen) atoms. The van der Waals surface area contributed by atoms with Crippen LogP contribution in [0.3, 0.4) is 0 Å². The molecule has 1 aromatic rings. The van der Waals surface area contributed by atoms with Crippen LogP contribution >= 0.6 is 0 Å². The zero-order valence-corrected chi connectivity index (χ0v) is 10.4. The van der Waals surface area contributed by atoms with E-state index in [1.54, 1.807) is 6.92 Å². The Morgan fingerprint density at radius 3 is 2.29 bits per heavy atom. The summed E-state index contributed by atoms with van der Waals surface area (Å²) >= 11 is 0. The first kappa shape index (κ1) is 13.5. The molecule has 0 heterocycles. The van der Waals surface area contributed by atoms with Crippen molar-refractivity contribution < 1.29 is 23.1 Å². The Balaban J connectivity index is 2.72. The zero-order chi connectivity index (χ0) is 13.1. The fraction of sp³-hybridized carbons (Fsp3) is 0.364. The minimum atomic E-state index is -3.22. The van der Waals surface area contributed by atoms with Gasteiger partial charge in [0.05, 0.1) is 11.3 Å². The van der Waals surface area contributed by atoms with Gasteiger partial charge in [-0.2, -0.15) is 0 Å². The number of hydrogen-bond acceptors (Lipinski definition) is 4. The average Bonchev–Trinajstić information content (AvgIpc) is 2.15. The largest absolute Gasteiger partial charge is 0.490 e. The Hall–Kier alpha value is -1.56. The number of carboxylic acid groups (broad SMARTS) is 1. The topological polar surface area (TPSA) is 80.7 Å². The van der Waals surface area contributed by atoms with Crippen molar-refractivity contribution in [2.24, 2.45) is 0 Å². The van der Waals surface area contributed by atoms with Crippen molar-refractivity contribution in [3.63, 3.8) is 0 Å². The van der Waals surface area contributed by atoms with Gasteiger partial charge < -0.3 is 9.84 Å². The van der Waals surface area contributed by atoms with Crippen molar-refractivity contribution in [3.8, 4) is 5.75 Å². The summed E-state index contributed by atoms with van der Waals surface area (Å²) < 4.78 is 27.7. The van der Waals surface area contributed by atoms with Gasteiger partial charge >= 0.3 is 5.97 Å². The van der Waals surface area contributed by atoms with E-state index in [0.717, 1.165) is 6.26 Å². The number of ether oxygens (including phenoxy) is 1. The standard InChI is InChI=1S/C11H14O5S/c1-8(7-11(12)13)16-9-3-5-10(6-4-9)17(2,14)15/h3-6,8H,7H2,1-2H3,(H,12,13)/t8-/m0/s1. The summed E-state index contributed by atoms with van der Waals surface area (Å²) in [4.78, 5) is 10.6. The van der Waals surface area contributed by atoms with Gasteiger partial charge in [0.15, 0.2) is 9.84 Å². The van der Waals surface area contributed by atoms with Gasteiger partial charge in [0.25, 0.3) is 0 Å². The lowest BCUT2D eigenvalue weighted by Gasteiger charge is -2.12. The Morgan fingerprint density at radius 2 is 1.88 bits per heavy atom. The van der Waals surface area contributed by atoms with Gasteiger partial charge in [0.1, 0.15) is 11.9 Å². The molecule has 0 saturated carbocycles. The van der Waals surface area contributed by atoms with Crippen LogP contribution in [0.15, 0.2) is 29.2 Å². The molecule has 1 atom stereocenters. The van der Waals surface area contributed by atoms with Crippen LogP contribution < -0.4 is 4.74 Å². The van der Waals surface area contributed by atoms with E-state index in [1.165, 1.54) is 24.3 Å². The van der Waals surface area contributed by atoms with Gasteiger partial charge in [0, 0.05) is 6.26 Å². The van der Waals surface area contributed by atoms with Crippen LogP contribution in [0.2, 0.25) is 0 Å². The predicted molar refractivity (Wildman–Crippen MR) is 61.9 cm³/mol. The highest BCUT2D eigenvalue weighted by atomic mass is 32.2. The minimum Gasteiger partial charge on any atom is -0.490 e. The predicted octanol–water partition coefficient (Wildman–Crippen LogP) is 1.33. The van der Waals surface area contributed by atoms with Crippen LogP contribution in [0.25, 0.3) is 0 Å². The van der Waals surface area contributed by atoms with Gasteiger partial charge in [-0.3, -0.25) is 4.79 Å². The van der Waals surface area contributed by atoms with E-state index in [9.17, 15) is 13.2 Å². The fourth-order valence-corrected chi connectivity index (χ4v) is 1.92. The molecule has 0 unspecified atom stereocenters. The van der Waals surface area contributed by atoms with Crippen LogP contribution in [-0.4, -0.2) is 31.9 Å². The number of carboxylic acids is 1. The van der Waals surface area contributed by atoms with Gasteiger partial charge in [-0.1, -0.05) is 0 Å². The van der Waals surface area contributed by atoms with Crippen LogP contribution in [-0.2, 0) is 14.6 Å². The number of rotatable bonds is 5. The van der Waals surface area contributed by atoms with Crippen molar-refractivity contribution >= 4 is 15.8 Å². The Morgan fingerprint density at radius 1 is 1.35 bits per heavy atom. The summed E-state index contributed by atoms with van der Waals surface area (Å²) in [5.74, 6) is -0.489. The quantitative estimate of drug-likeness (QED) is 0.861. The molecule has 0 spiro atoms. The Bertz CT molecular complexity index is 489. The molecule has 1 N–H and O–H groups in total. The maximum Gasteiger partial charge on any atom is 0.307 e. The molecule has 0 aliphatic heterocycles. The Labute approximate surface area is 100.0 Å². The second-order valence-electron chi connectivity index (χ2n) is 3.77. The first-order valence-corrected chi connectivity index (χ1v) is 6.87. The second kappa shape index (κ2) is 5.18. The molecular formula is C11H14O5S. The van der Waals surface area contributed by atoms with Crippen LogP contribution in [0.4, 0.5) is 0 Å². The lowest BCUT2D eigenvalue weighted by molar-refractivity contribution is -0.138. The summed E-state index contributed by atoms with van der Waals surface area (Å²) in [5.41, 5.74) is 0. The summed E-state index contributed by atoms with van der Waals surface area (Å²) in [7, 11) is -3.22. The average molecular weight is 258 g/mol. The molecule has 0 saturated heterocycles. The molecule has 0 amide bonds. The zero-order valence-electron chi connectivity index (χ0n) is 9.58. The first-order chi connectivity index (χ1) is 7.79. The van der Waals surface area contributed by atoms with Gasteiger partial charge in [0.2, 0.25) is 0 Å². The minimum absolute atomic E-state index is 0.103. The van der Waals surface area contributed by atoms with Crippen LogP contribution in [0, 0.1) is 0 Å². The van der Waals surface area contributed by atoms with Crippen LogP contribution in [0.5, 0.6) is 5.75 Å². The molecule has 5 nitrogen and oxygen atoms in total. The third kappa shape index (κ3) is 4.44. The molecule has 6 heteroatoms. The highest BCUT2D eigenvalue weighted by Gasteiger charge is 2.10. The Kier molecular flexibility index (Phi) is 4.11. The van der Waals surface area contributed by atoms with Gasteiger partial charge in [-0.05, 0) is 31.2 Å². The van der Waals surface area contributed by atoms with E-state index < -0.39 is 21.9 Å². The van der Waals surface area contributed by atoms with Crippen molar-refractivity contribution in [3.05, 3.63) is 24.3 Å². The van der Waals surface area contributed by atoms with E-state index in [-0.39, 0.29) is 11.3 Å². The van der Waals surface area contributed by atoms with E-state index in [2.05, 4.69) is 0 Å². The van der Waals surface area contributed by atoms with Crippen molar-refractivity contribution in [1.82, 2.24) is 0 Å². The normalized spacial score (nSPS) is 13.1. The van der Waals surface area contributed by atoms with Crippen molar-refractivity contribution in [2.75, 3.05) is 6.26 Å². The number of aliphatic carboxylic acids is 1. The number of hydrogen-bond donors (Lipinski definition) is 1. The highest BCUT2D eigenvalue weighted by molar-refractivity contribution is 7.90. The third-order valence-electron chi connectivity index (χ3n) is 2.05. The monoisotopic (exact) mass is 258 g/mol. The molecule has 1 aromatic carbocycles. The molecule has 0 fully saturated rings. The molecular weight excluding hydrogens is 244 g/mol. The highest BCUT2D eigenvalue weighted by Crippen LogP contribution is 2.17. The first-order valence-electron chi connectivity index (χ1n) is 4.97. The summed E-state index contributed by atoms with van der Waals surface area (Å²) in [6.45, 7) is 1.64. The fourth-order valence-electron chi connectivity index (χ4n) is 1.29. The van der Waals surface area contributed by atoms with E-state index >= 15 is 0 Å². The molecule has 0 aliphatic carbocycles. The lowest BCUT2D eigenvalue weighted by atomic mass is 10.3. The van der Waals surface area contributed by atoms with E-state index in [0.29, 0.717) is 5.75 Å². The summed E-state index contributed by atoms with van der Waals surface area (Å²) in [5, 5.41) is 8.55. The molecule has 0 bridgehead atoms. The third-order valence-corrected chi connectivity index (χ3v) is 3.18. The van der Waals surface area contributed by atoms with Gasteiger partial charge in [-0.15, -0.1) is 0 Å². The molecule has 0 aliphatic rings. The number of benzene rings is 1. The van der Waals surface area contributed by atoms with Crippen molar-refractivity contribution in [2.45, 2.75) is 24.3 Å². The maximum atomic E-state index is 11.2. The molecule has 0 radical (unpaired) electrons. The SMILES string of the molecule is C[C@@H](CC(=O)O)Oc1ccc(S(C)(=O)=O)cc1. The van der Waals surface area contributed by atoms with Crippen LogP contribution in [0.1, 0.15) is 13.3 Å². The molecule has 1 rings (SSSR count). The van der Waals surface area contributed by atoms with Gasteiger partial charge in [-0.25, -0.2) is 8.42 Å². The molecule has 94 valence electrons. The summed E-state index contributed by atoms with van der Waals surface area (Å²) in [6, 6.07) is 5.87. The molecule has 0 aromatic heterocycles. The van der Waals surface area contributed by atoms with E-state index in [1.807, 2.05) is 0 Å². The maximum absolute atomic E-state index is 11.2. The summed E-state index contributed by atoms with van der Waals surface area (Å²) in [6.07, 6.45) is 0.556. The lowest BCUT2D eigenvalue weighted by Crippen LogP contribution is -2.16. The second-order valence-corrected chi connectivity index (χ2v) is 5.79. The van der Waals surface area contributed by atoms with E-state index in [4.69, 9.17) is 9.84 Å².